The van der Waals surface area contributed by atoms with E-state index in [1.165, 1.54) is 0 Å². The van der Waals surface area contributed by atoms with Crippen molar-refractivity contribution in [3.05, 3.63) is 36.4 Å². The lowest BCUT2D eigenvalue weighted by atomic mass is 10.2. The van der Waals surface area contributed by atoms with Gasteiger partial charge >= 0.3 is 0 Å². The largest absolute Gasteiger partial charge is 0.454 e. The average Bonchev–Trinajstić information content (AvgIpc) is 2.81. The maximum Gasteiger partial charge on any atom is 0.165 e. The van der Waals surface area contributed by atoms with Crippen LogP contribution in [0.1, 0.15) is 25.5 Å². The summed E-state index contributed by atoms with van der Waals surface area (Å²) in [7, 11) is 1.90. The van der Waals surface area contributed by atoms with Gasteiger partial charge in [0.2, 0.25) is 0 Å². The number of nitrogens with one attached hydrogen (secondary N) is 1. The van der Waals surface area contributed by atoms with Crippen LogP contribution in [-0.4, -0.2) is 21.8 Å². The van der Waals surface area contributed by atoms with Gasteiger partial charge in [-0.1, -0.05) is 0 Å². The Morgan fingerprint density at radius 2 is 2.22 bits per heavy atom. The Bertz CT molecular complexity index is 507. The molecule has 0 aromatic carbocycles. The number of ether oxygens (including phenoxy) is 1. The zero-order chi connectivity index (χ0) is 13.0. The normalized spacial score (nSPS) is 10.9. The van der Waals surface area contributed by atoms with Crippen molar-refractivity contribution in [2.45, 2.75) is 26.4 Å². The molecule has 2 aromatic heterocycles. The topological polar surface area (TPSA) is 52.0 Å². The van der Waals surface area contributed by atoms with E-state index in [9.17, 15) is 0 Å². The molecule has 0 bridgehead atoms. The fourth-order valence-electron chi connectivity index (χ4n) is 1.62. The molecule has 0 radical (unpaired) electrons. The van der Waals surface area contributed by atoms with Gasteiger partial charge in [0.05, 0.1) is 12.4 Å². The molecular weight excluding hydrogens is 228 g/mol. The Morgan fingerprint density at radius 1 is 1.39 bits per heavy atom. The minimum atomic E-state index is 0.330. The molecule has 2 rings (SSSR count). The SMILES string of the molecule is CNCc1cnccc1Oc1cnn(C(C)C)c1. The second-order valence-corrected chi connectivity index (χ2v) is 4.37. The van der Waals surface area contributed by atoms with Crippen molar-refractivity contribution in [1.29, 1.82) is 0 Å². The summed E-state index contributed by atoms with van der Waals surface area (Å²) in [4.78, 5) is 4.10. The van der Waals surface area contributed by atoms with Crippen LogP contribution in [0.3, 0.4) is 0 Å². The van der Waals surface area contributed by atoms with Crippen molar-refractivity contribution in [3.63, 3.8) is 0 Å². The zero-order valence-corrected chi connectivity index (χ0v) is 10.9. The van der Waals surface area contributed by atoms with Crippen LogP contribution in [0.2, 0.25) is 0 Å². The minimum Gasteiger partial charge on any atom is -0.454 e. The lowest BCUT2D eigenvalue weighted by Crippen LogP contribution is -2.06. The summed E-state index contributed by atoms with van der Waals surface area (Å²) in [6.07, 6.45) is 7.15. The summed E-state index contributed by atoms with van der Waals surface area (Å²) in [6, 6.07) is 2.19. The highest BCUT2D eigenvalue weighted by molar-refractivity contribution is 5.34. The first-order chi connectivity index (χ1) is 8.70. The quantitative estimate of drug-likeness (QED) is 0.880. The molecule has 5 heteroatoms. The highest BCUT2D eigenvalue weighted by atomic mass is 16.5. The van der Waals surface area contributed by atoms with Crippen molar-refractivity contribution in [3.8, 4) is 11.5 Å². The van der Waals surface area contributed by atoms with E-state index in [1.54, 1.807) is 18.6 Å². The van der Waals surface area contributed by atoms with E-state index < -0.39 is 0 Å². The van der Waals surface area contributed by atoms with Crippen molar-refractivity contribution >= 4 is 0 Å². The molecule has 0 aliphatic heterocycles. The van der Waals surface area contributed by atoms with Crippen LogP contribution >= 0.6 is 0 Å². The number of nitrogens with zero attached hydrogens (tertiary/aromatic N) is 3. The van der Waals surface area contributed by atoms with Gasteiger partial charge in [-0.15, -0.1) is 0 Å². The summed E-state index contributed by atoms with van der Waals surface area (Å²) in [5.41, 5.74) is 1.03. The smallest absolute Gasteiger partial charge is 0.165 e. The highest BCUT2D eigenvalue weighted by Gasteiger charge is 2.07. The molecule has 0 spiro atoms. The predicted molar refractivity (Wildman–Crippen MR) is 69.7 cm³/mol. The molecule has 18 heavy (non-hydrogen) atoms. The van der Waals surface area contributed by atoms with Crippen LogP contribution in [0, 0.1) is 0 Å². The predicted octanol–water partition coefficient (Wildman–Crippen LogP) is 2.37. The van der Waals surface area contributed by atoms with Crippen molar-refractivity contribution < 1.29 is 4.74 Å². The molecule has 5 nitrogen and oxygen atoms in total. The van der Waals surface area contributed by atoms with E-state index in [1.807, 2.05) is 24.0 Å². The third-order valence-electron chi connectivity index (χ3n) is 2.56. The molecule has 96 valence electrons. The Kier molecular flexibility index (Phi) is 3.94. The van der Waals surface area contributed by atoms with Gasteiger partial charge in [0.1, 0.15) is 5.75 Å². The summed E-state index contributed by atoms with van der Waals surface area (Å²) in [5.74, 6) is 1.55. The first-order valence-electron chi connectivity index (χ1n) is 6.00. The van der Waals surface area contributed by atoms with E-state index >= 15 is 0 Å². The van der Waals surface area contributed by atoms with Crippen LogP contribution in [0.4, 0.5) is 0 Å². The van der Waals surface area contributed by atoms with Crippen molar-refractivity contribution in [2.24, 2.45) is 0 Å². The van der Waals surface area contributed by atoms with E-state index in [4.69, 9.17) is 4.74 Å². The molecular formula is C13H18N4O. The fraction of sp³-hybridized carbons (Fsp3) is 0.385. The van der Waals surface area contributed by atoms with Crippen LogP contribution < -0.4 is 10.1 Å². The average molecular weight is 246 g/mol. The minimum absolute atomic E-state index is 0.330. The molecule has 0 aliphatic carbocycles. The molecule has 0 aliphatic rings. The standard InChI is InChI=1S/C13H18N4O/c1-10(2)17-9-12(8-16-17)18-13-4-5-15-7-11(13)6-14-3/h4-5,7-10,14H,6H2,1-3H3. The maximum absolute atomic E-state index is 5.83. The van der Waals surface area contributed by atoms with Crippen LogP contribution in [0.25, 0.3) is 0 Å². The van der Waals surface area contributed by atoms with Crippen LogP contribution in [-0.2, 0) is 6.54 Å². The van der Waals surface area contributed by atoms with E-state index in [0.29, 0.717) is 6.04 Å². The van der Waals surface area contributed by atoms with Gasteiger partial charge in [0.25, 0.3) is 0 Å². The Hall–Kier alpha value is -1.88. The van der Waals surface area contributed by atoms with Gasteiger partial charge in [-0.3, -0.25) is 9.67 Å². The molecule has 0 amide bonds. The molecule has 1 N–H and O–H groups in total. The lowest BCUT2D eigenvalue weighted by Gasteiger charge is -2.08. The first-order valence-corrected chi connectivity index (χ1v) is 6.00. The van der Waals surface area contributed by atoms with E-state index in [-0.39, 0.29) is 0 Å². The van der Waals surface area contributed by atoms with Crippen LogP contribution in [0.5, 0.6) is 11.5 Å². The molecule has 2 aromatic rings. The third kappa shape index (κ3) is 2.87. The third-order valence-corrected chi connectivity index (χ3v) is 2.56. The zero-order valence-electron chi connectivity index (χ0n) is 10.9. The lowest BCUT2D eigenvalue weighted by molar-refractivity contribution is 0.468. The Morgan fingerprint density at radius 3 is 2.89 bits per heavy atom. The summed E-state index contributed by atoms with van der Waals surface area (Å²) in [6.45, 7) is 4.88. The Balaban J connectivity index is 2.17. The highest BCUT2D eigenvalue weighted by Crippen LogP contribution is 2.24. The molecule has 0 saturated carbocycles. The molecule has 0 unspecified atom stereocenters. The Labute approximate surface area is 107 Å². The van der Waals surface area contributed by atoms with Gasteiger partial charge in [-0.25, -0.2) is 0 Å². The number of pyridine rings is 1. The van der Waals surface area contributed by atoms with Crippen molar-refractivity contribution in [2.75, 3.05) is 7.05 Å². The van der Waals surface area contributed by atoms with Gasteiger partial charge in [0, 0.05) is 30.5 Å². The van der Waals surface area contributed by atoms with Gasteiger partial charge in [-0.2, -0.15) is 5.10 Å². The molecule has 2 heterocycles. The summed E-state index contributed by atoms with van der Waals surface area (Å²) < 4.78 is 7.70. The summed E-state index contributed by atoms with van der Waals surface area (Å²) >= 11 is 0. The van der Waals surface area contributed by atoms with Crippen LogP contribution in [0.15, 0.2) is 30.9 Å². The summed E-state index contributed by atoms with van der Waals surface area (Å²) in [5, 5.41) is 7.34. The number of rotatable bonds is 5. The monoisotopic (exact) mass is 246 g/mol. The number of aromatic nitrogens is 3. The second kappa shape index (κ2) is 5.64. The van der Waals surface area contributed by atoms with Crippen molar-refractivity contribution in [1.82, 2.24) is 20.1 Å². The van der Waals surface area contributed by atoms with Gasteiger partial charge in [0.15, 0.2) is 5.75 Å². The maximum atomic E-state index is 5.83. The molecule has 0 saturated heterocycles. The van der Waals surface area contributed by atoms with Gasteiger partial charge in [-0.05, 0) is 27.0 Å². The second-order valence-electron chi connectivity index (χ2n) is 4.37. The number of hydrogen-bond acceptors (Lipinski definition) is 4. The van der Waals surface area contributed by atoms with Gasteiger partial charge < -0.3 is 10.1 Å². The molecule has 0 fully saturated rings. The van der Waals surface area contributed by atoms with E-state index in [2.05, 4.69) is 29.2 Å². The first kappa shape index (κ1) is 12.6. The van der Waals surface area contributed by atoms with E-state index in [0.717, 1.165) is 23.6 Å². The number of hydrogen-bond donors (Lipinski definition) is 1. The fourth-order valence-corrected chi connectivity index (χ4v) is 1.62. The molecule has 0 atom stereocenters.